The molecule has 0 unspecified atom stereocenters. The summed E-state index contributed by atoms with van der Waals surface area (Å²) in [5.41, 5.74) is 2.52. The van der Waals surface area contributed by atoms with E-state index in [-0.39, 0.29) is 0 Å². The number of aryl methyl sites for hydroxylation is 2. The number of hydrogen-bond acceptors (Lipinski definition) is 3. The Bertz CT molecular complexity index is 600. The number of halogens is 2. The van der Waals surface area contributed by atoms with Gasteiger partial charge in [-0.15, -0.1) is 0 Å². The Kier molecular flexibility index (Phi) is 4.42. The van der Waals surface area contributed by atoms with Gasteiger partial charge in [0.05, 0.1) is 20.3 Å². The first-order valence-corrected chi connectivity index (χ1v) is 7.16. The Morgan fingerprint density at radius 1 is 1.32 bits per heavy atom. The number of aromatic nitrogens is 2. The van der Waals surface area contributed by atoms with E-state index in [1.165, 1.54) is 0 Å². The first-order chi connectivity index (χ1) is 9.01. The van der Waals surface area contributed by atoms with Crippen LogP contribution in [0.15, 0.2) is 27.1 Å². The van der Waals surface area contributed by atoms with Gasteiger partial charge in [-0.2, -0.15) is 5.10 Å². The zero-order valence-corrected chi connectivity index (χ0v) is 13.7. The molecule has 6 heteroatoms. The highest BCUT2D eigenvalue weighted by Crippen LogP contribution is 2.34. The minimum Gasteiger partial charge on any atom is -0.485 e. The van der Waals surface area contributed by atoms with Crippen molar-refractivity contribution in [2.75, 3.05) is 0 Å². The zero-order chi connectivity index (χ0) is 14.0. The lowest BCUT2D eigenvalue weighted by Crippen LogP contribution is -2.04. The van der Waals surface area contributed by atoms with Crippen LogP contribution in [0.25, 0.3) is 0 Å². The summed E-state index contributed by atoms with van der Waals surface area (Å²) >= 11 is 6.80. The smallest absolute Gasteiger partial charge is 0.150 e. The van der Waals surface area contributed by atoms with Crippen LogP contribution in [0.2, 0.25) is 0 Å². The average molecular weight is 388 g/mol. The molecule has 19 heavy (non-hydrogen) atoms. The van der Waals surface area contributed by atoms with Crippen molar-refractivity contribution in [2.24, 2.45) is 7.05 Å². The third-order valence-corrected chi connectivity index (χ3v) is 3.80. The van der Waals surface area contributed by atoms with Crippen LogP contribution >= 0.6 is 31.9 Å². The van der Waals surface area contributed by atoms with Crippen molar-refractivity contribution in [3.05, 3.63) is 44.1 Å². The maximum absolute atomic E-state index is 10.8. The lowest BCUT2D eigenvalue weighted by atomic mass is 10.2. The van der Waals surface area contributed by atoms with E-state index in [1.807, 2.05) is 20.0 Å². The Hall–Kier alpha value is -1.14. The van der Waals surface area contributed by atoms with Gasteiger partial charge in [-0.3, -0.25) is 9.48 Å². The molecule has 0 N–H and O–H groups in total. The Morgan fingerprint density at radius 2 is 1.95 bits per heavy atom. The number of carbonyl (C=O) groups is 1. The van der Waals surface area contributed by atoms with Crippen LogP contribution in [0, 0.1) is 6.92 Å². The molecule has 0 atom stereocenters. The van der Waals surface area contributed by atoms with Gasteiger partial charge < -0.3 is 4.74 Å². The van der Waals surface area contributed by atoms with Crippen molar-refractivity contribution in [1.82, 2.24) is 9.78 Å². The molecular formula is C13H12Br2N2O2. The van der Waals surface area contributed by atoms with Crippen LogP contribution in [0.5, 0.6) is 5.75 Å². The monoisotopic (exact) mass is 386 g/mol. The van der Waals surface area contributed by atoms with Crippen molar-refractivity contribution in [1.29, 1.82) is 0 Å². The summed E-state index contributed by atoms with van der Waals surface area (Å²) in [5.74, 6) is 0.671. The molecule has 0 radical (unpaired) electrons. The largest absolute Gasteiger partial charge is 0.485 e. The van der Waals surface area contributed by atoms with Gasteiger partial charge >= 0.3 is 0 Å². The molecular weight excluding hydrogens is 376 g/mol. The van der Waals surface area contributed by atoms with Crippen molar-refractivity contribution < 1.29 is 9.53 Å². The number of benzene rings is 1. The highest BCUT2D eigenvalue weighted by Gasteiger charge is 2.10. The molecule has 0 saturated carbocycles. The fourth-order valence-electron chi connectivity index (χ4n) is 1.73. The van der Waals surface area contributed by atoms with Crippen LogP contribution in [0.3, 0.4) is 0 Å². The highest BCUT2D eigenvalue weighted by molar-refractivity contribution is 9.11. The Labute approximate surface area is 128 Å². The molecule has 0 aliphatic carbocycles. The summed E-state index contributed by atoms with van der Waals surface area (Å²) in [6.45, 7) is 2.35. The standard InChI is InChI=1S/C13H12Br2N2O2/c1-8-3-10(17(2)16-8)7-19-13-11(14)4-9(6-18)5-12(13)15/h3-6H,7H2,1-2H3. The van der Waals surface area contributed by atoms with E-state index in [1.54, 1.807) is 16.8 Å². The second-order valence-corrected chi connectivity index (χ2v) is 5.83. The third kappa shape index (κ3) is 3.25. The number of rotatable bonds is 4. The van der Waals surface area contributed by atoms with E-state index in [2.05, 4.69) is 37.0 Å². The molecule has 0 fully saturated rings. The minimum absolute atomic E-state index is 0.412. The molecule has 100 valence electrons. The summed E-state index contributed by atoms with van der Waals surface area (Å²) in [7, 11) is 1.88. The van der Waals surface area contributed by atoms with Gasteiger partial charge in [-0.05, 0) is 57.0 Å². The van der Waals surface area contributed by atoms with E-state index in [9.17, 15) is 4.79 Å². The van der Waals surface area contributed by atoms with Gasteiger partial charge in [0.15, 0.2) is 0 Å². The fraction of sp³-hybridized carbons (Fsp3) is 0.231. The predicted octanol–water partition coefficient (Wildman–Crippen LogP) is 3.65. The fourth-order valence-corrected chi connectivity index (χ4v) is 3.18. The van der Waals surface area contributed by atoms with Crippen molar-refractivity contribution in [3.8, 4) is 5.75 Å². The molecule has 1 aromatic heterocycles. The molecule has 0 amide bonds. The first-order valence-electron chi connectivity index (χ1n) is 5.58. The maximum atomic E-state index is 10.8. The number of hydrogen-bond donors (Lipinski definition) is 0. The van der Waals surface area contributed by atoms with Crippen LogP contribution in [-0.2, 0) is 13.7 Å². The van der Waals surface area contributed by atoms with Gasteiger partial charge in [0.25, 0.3) is 0 Å². The summed E-state index contributed by atoms with van der Waals surface area (Å²) in [6, 6.07) is 5.42. The lowest BCUT2D eigenvalue weighted by molar-refractivity contribution is 0.112. The first kappa shape index (κ1) is 14.3. The van der Waals surface area contributed by atoms with Crippen LogP contribution in [-0.4, -0.2) is 16.1 Å². The zero-order valence-electron chi connectivity index (χ0n) is 10.5. The molecule has 0 bridgehead atoms. The van der Waals surface area contributed by atoms with E-state index in [0.29, 0.717) is 17.9 Å². The summed E-state index contributed by atoms with van der Waals surface area (Å²) in [4.78, 5) is 10.8. The van der Waals surface area contributed by atoms with E-state index in [0.717, 1.165) is 26.6 Å². The Balaban J connectivity index is 2.20. The summed E-state index contributed by atoms with van der Waals surface area (Å²) in [5, 5.41) is 4.26. The SMILES string of the molecule is Cc1cc(COc2c(Br)cc(C=O)cc2Br)n(C)n1. The van der Waals surface area contributed by atoms with Crippen molar-refractivity contribution in [2.45, 2.75) is 13.5 Å². The molecule has 0 saturated heterocycles. The minimum atomic E-state index is 0.412. The van der Waals surface area contributed by atoms with Crippen LogP contribution in [0.1, 0.15) is 21.7 Å². The predicted molar refractivity (Wildman–Crippen MR) is 79.5 cm³/mol. The molecule has 4 nitrogen and oxygen atoms in total. The molecule has 2 rings (SSSR count). The average Bonchev–Trinajstić information content (AvgIpc) is 2.66. The summed E-state index contributed by atoms with van der Waals surface area (Å²) < 4.78 is 9.04. The normalized spacial score (nSPS) is 10.5. The number of nitrogens with zero attached hydrogens (tertiary/aromatic N) is 2. The maximum Gasteiger partial charge on any atom is 0.150 e. The molecule has 0 spiro atoms. The van der Waals surface area contributed by atoms with Gasteiger partial charge in [0.2, 0.25) is 0 Å². The molecule has 2 aromatic rings. The molecule has 1 aromatic carbocycles. The van der Waals surface area contributed by atoms with Gasteiger partial charge in [0, 0.05) is 12.6 Å². The highest BCUT2D eigenvalue weighted by atomic mass is 79.9. The lowest BCUT2D eigenvalue weighted by Gasteiger charge is -2.11. The molecule has 0 aliphatic heterocycles. The quantitative estimate of drug-likeness (QED) is 0.752. The van der Waals surface area contributed by atoms with E-state index in [4.69, 9.17) is 4.74 Å². The summed E-state index contributed by atoms with van der Waals surface area (Å²) in [6.07, 6.45) is 0.795. The topological polar surface area (TPSA) is 44.1 Å². The second kappa shape index (κ2) is 5.88. The van der Waals surface area contributed by atoms with Crippen molar-refractivity contribution in [3.63, 3.8) is 0 Å². The van der Waals surface area contributed by atoms with Crippen LogP contribution < -0.4 is 4.74 Å². The molecule has 0 aliphatic rings. The van der Waals surface area contributed by atoms with E-state index < -0.39 is 0 Å². The van der Waals surface area contributed by atoms with Crippen molar-refractivity contribution >= 4 is 38.1 Å². The van der Waals surface area contributed by atoms with Gasteiger partial charge in [0.1, 0.15) is 18.6 Å². The van der Waals surface area contributed by atoms with Gasteiger partial charge in [-0.1, -0.05) is 0 Å². The number of carbonyl (C=O) groups excluding carboxylic acids is 1. The number of aldehydes is 1. The van der Waals surface area contributed by atoms with Crippen LogP contribution in [0.4, 0.5) is 0 Å². The molecule has 1 heterocycles. The van der Waals surface area contributed by atoms with E-state index >= 15 is 0 Å². The third-order valence-electron chi connectivity index (χ3n) is 2.62. The Morgan fingerprint density at radius 3 is 2.42 bits per heavy atom. The second-order valence-electron chi connectivity index (χ2n) is 4.12. The number of ether oxygens (including phenoxy) is 1. The van der Waals surface area contributed by atoms with Gasteiger partial charge in [-0.25, -0.2) is 0 Å².